The summed E-state index contributed by atoms with van der Waals surface area (Å²) in [6.45, 7) is 16.4. The molecule has 0 aliphatic heterocycles. The first kappa shape index (κ1) is 18.0. The average molecular weight is 294 g/mol. The van der Waals surface area contributed by atoms with Crippen LogP contribution in [0.1, 0.15) is 54.0 Å². The van der Waals surface area contributed by atoms with Crippen molar-refractivity contribution in [2.45, 2.75) is 66.6 Å². The Bertz CT molecular complexity index is 447. The molecule has 3 heteroatoms. The van der Waals surface area contributed by atoms with Crippen LogP contribution < -0.4 is 10.2 Å². The topological polar surface area (TPSA) is 15.3 Å². The Balaban J connectivity index is 2.90. The van der Waals surface area contributed by atoms with E-state index in [4.69, 9.17) is 0 Å². The van der Waals surface area contributed by atoms with E-state index in [1.807, 2.05) is 12.1 Å². The molecule has 0 aliphatic carbocycles. The van der Waals surface area contributed by atoms with Gasteiger partial charge in [0, 0.05) is 24.7 Å². The van der Waals surface area contributed by atoms with Crippen LogP contribution in [0.4, 0.5) is 10.1 Å². The Morgan fingerprint density at radius 2 is 1.76 bits per heavy atom. The lowest BCUT2D eigenvalue weighted by Gasteiger charge is -2.31. The number of anilines is 1. The lowest BCUT2D eigenvalue weighted by molar-refractivity contribution is 0.423. The third-order valence-electron chi connectivity index (χ3n) is 3.33. The van der Waals surface area contributed by atoms with Gasteiger partial charge in [-0.25, -0.2) is 4.39 Å². The number of hydrogen-bond acceptors (Lipinski definition) is 2. The van der Waals surface area contributed by atoms with Gasteiger partial charge < -0.3 is 10.2 Å². The highest BCUT2D eigenvalue weighted by molar-refractivity contribution is 5.50. The molecule has 0 spiro atoms. The molecule has 0 heterocycles. The van der Waals surface area contributed by atoms with Gasteiger partial charge in [0.25, 0.3) is 0 Å². The van der Waals surface area contributed by atoms with E-state index in [2.05, 4.69) is 58.7 Å². The lowest BCUT2D eigenvalue weighted by atomic mass is 10.1. The first-order chi connectivity index (χ1) is 9.60. The molecule has 0 radical (unpaired) electrons. The second kappa shape index (κ2) is 7.26. The van der Waals surface area contributed by atoms with Crippen molar-refractivity contribution in [1.82, 2.24) is 5.32 Å². The predicted octanol–water partition coefficient (Wildman–Crippen LogP) is 4.58. The van der Waals surface area contributed by atoms with Crippen molar-refractivity contribution in [2.24, 2.45) is 5.92 Å². The number of benzene rings is 1. The van der Waals surface area contributed by atoms with Crippen LogP contribution in [-0.4, -0.2) is 18.1 Å². The van der Waals surface area contributed by atoms with E-state index in [1.54, 1.807) is 6.07 Å². The molecule has 120 valence electrons. The summed E-state index contributed by atoms with van der Waals surface area (Å²) in [5.41, 5.74) is 1.73. The van der Waals surface area contributed by atoms with Gasteiger partial charge in [-0.15, -0.1) is 0 Å². The number of hydrogen-bond donors (Lipinski definition) is 1. The zero-order valence-electron chi connectivity index (χ0n) is 14.6. The Morgan fingerprint density at radius 1 is 1.14 bits per heavy atom. The van der Waals surface area contributed by atoms with Crippen molar-refractivity contribution in [3.63, 3.8) is 0 Å². The van der Waals surface area contributed by atoms with E-state index in [-0.39, 0.29) is 11.4 Å². The summed E-state index contributed by atoms with van der Waals surface area (Å²) in [7, 11) is 0. The van der Waals surface area contributed by atoms with Gasteiger partial charge in [0.15, 0.2) is 0 Å². The van der Waals surface area contributed by atoms with E-state index in [0.29, 0.717) is 24.2 Å². The monoisotopic (exact) mass is 294 g/mol. The summed E-state index contributed by atoms with van der Waals surface area (Å²) < 4.78 is 14.5. The standard InChI is InChI=1S/C18H31FN2/c1-13(2)12-21(14(3)4)17-9-8-15(10-16(17)19)11-20-18(5,6)7/h8-10,13-14,20H,11-12H2,1-7H3. The van der Waals surface area contributed by atoms with Gasteiger partial charge in [0.05, 0.1) is 5.69 Å². The molecular formula is C18H31FN2. The smallest absolute Gasteiger partial charge is 0.146 e. The maximum Gasteiger partial charge on any atom is 0.146 e. The van der Waals surface area contributed by atoms with Crippen LogP contribution in [0.3, 0.4) is 0 Å². The SMILES string of the molecule is CC(C)CN(c1ccc(CNC(C)(C)C)cc1F)C(C)C. The highest BCUT2D eigenvalue weighted by Gasteiger charge is 2.17. The Morgan fingerprint density at radius 3 is 2.19 bits per heavy atom. The Kier molecular flexibility index (Phi) is 6.21. The molecule has 0 fully saturated rings. The largest absolute Gasteiger partial charge is 0.366 e. The van der Waals surface area contributed by atoms with Crippen LogP contribution in [0.15, 0.2) is 18.2 Å². The third kappa shape index (κ3) is 6.04. The summed E-state index contributed by atoms with van der Waals surface area (Å²) in [6, 6.07) is 5.88. The fourth-order valence-electron chi connectivity index (χ4n) is 2.24. The number of rotatable bonds is 6. The molecule has 21 heavy (non-hydrogen) atoms. The Hall–Kier alpha value is -1.09. The third-order valence-corrected chi connectivity index (χ3v) is 3.33. The van der Waals surface area contributed by atoms with Gasteiger partial charge in [-0.1, -0.05) is 19.9 Å². The van der Waals surface area contributed by atoms with E-state index < -0.39 is 0 Å². The molecule has 0 aliphatic rings. The van der Waals surface area contributed by atoms with Gasteiger partial charge >= 0.3 is 0 Å². The first-order valence-corrected chi connectivity index (χ1v) is 7.90. The minimum atomic E-state index is -0.127. The van der Waals surface area contributed by atoms with Gasteiger partial charge in [-0.2, -0.15) is 0 Å². The summed E-state index contributed by atoms with van der Waals surface area (Å²) in [6.07, 6.45) is 0. The highest BCUT2D eigenvalue weighted by atomic mass is 19.1. The zero-order chi connectivity index (χ0) is 16.2. The summed E-state index contributed by atoms with van der Waals surface area (Å²) in [5, 5.41) is 3.39. The number of halogens is 1. The second-order valence-corrected chi connectivity index (χ2v) is 7.53. The molecule has 1 rings (SSSR count). The van der Waals surface area contributed by atoms with Gasteiger partial charge in [0.1, 0.15) is 5.82 Å². The van der Waals surface area contributed by atoms with Gasteiger partial charge in [0.2, 0.25) is 0 Å². The van der Waals surface area contributed by atoms with Crippen LogP contribution in [0.25, 0.3) is 0 Å². The second-order valence-electron chi connectivity index (χ2n) is 7.53. The normalized spacial score (nSPS) is 12.3. The maximum absolute atomic E-state index is 14.5. The average Bonchev–Trinajstić information content (AvgIpc) is 2.33. The zero-order valence-corrected chi connectivity index (χ0v) is 14.6. The summed E-state index contributed by atoms with van der Waals surface area (Å²) in [5.74, 6) is 0.381. The van der Waals surface area contributed by atoms with Crippen LogP contribution in [0.2, 0.25) is 0 Å². The van der Waals surface area contributed by atoms with Crippen LogP contribution in [0.5, 0.6) is 0 Å². The molecule has 1 aromatic carbocycles. The highest BCUT2D eigenvalue weighted by Crippen LogP contribution is 2.24. The van der Waals surface area contributed by atoms with Crippen LogP contribution >= 0.6 is 0 Å². The molecule has 2 nitrogen and oxygen atoms in total. The van der Waals surface area contributed by atoms with Crippen molar-refractivity contribution < 1.29 is 4.39 Å². The van der Waals surface area contributed by atoms with E-state index in [9.17, 15) is 4.39 Å². The molecule has 0 unspecified atom stereocenters. The molecule has 1 aromatic rings. The molecule has 0 aromatic heterocycles. The quantitative estimate of drug-likeness (QED) is 0.826. The fourth-order valence-corrected chi connectivity index (χ4v) is 2.24. The number of nitrogens with zero attached hydrogens (tertiary/aromatic N) is 1. The molecule has 0 saturated heterocycles. The van der Waals surface area contributed by atoms with Crippen molar-refractivity contribution in [1.29, 1.82) is 0 Å². The molecule has 0 saturated carbocycles. The van der Waals surface area contributed by atoms with E-state index in [1.165, 1.54) is 0 Å². The summed E-state index contributed by atoms with van der Waals surface area (Å²) in [4.78, 5) is 2.14. The van der Waals surface area contributed by atoms with E-state index in [0.717, 1.165) is 12.1 Å². The maximum atomic E-state index is 14.5. The summed E-state index contributed by atoms with van der Waals surface area (Å²) >= 11 is 0. The van der Waals surface area contributed by atoms with Crippen molar-refractivity contribution >= 4 is 5.69 Å². The molecule has 0 atom stereocenters. The van der Waals surface area contributed by atoms with Gasteiger partial charge in [-0.05, 0) is 58.2 Å². The minimum Gasteiger partial charge on any atom is -0.366 e. The predicted molar refractivity (Wildman–Crippen MR) is 90.3 cm³/mol. The number of nitrogens with one attached hydrogen (secondary N) is 1. The first-order valence-electron chi connectivity index (χ1n) is 7.90. The molecule has 1 N–H and O–H groups in total. The van der Waals surface area contributed by atoms with Crippen molar-refractivity contribution in [3.8, 4) is 0 Å². The van der Waals surface area contributed by atoms with Crippen molar-refractivity contribution in [2.75, 3.05) is 11.4 Å². The Labute approximate surface area is 129 Å². The molecule has 0 amide bonds. The molecular weight excluding hydrogens is 263 g/mol. The van der Waals surface area contributed by atoms with Crippen LogP contribution in [0, 0.1) is 11.7 Å². The fraction of sp³-hybridized carbons (Fsp3) is 0.667. The van der Waals surface area contributed by atoms with Crippen molar-refractivity contribution in [3.05, 3.63) is 29.6 Å². The minimum absolute atomic E-state index is 0.0385. The lowest BCUT2D eigenvalue weighted by Crippen LogP contribution is -2.35. The molecule has 0 bridgehead atoms. The van der Waals surface area contributed by atoms with Gasteiger partial charge in [-0.3, -0.25) is 0 Å². The van der Waals surface area contributed by atoms with Crippen LogP contribution in [-0.2, 0) is 6.54 Å². The van der Waals surface area contributed by atoms with E-state index >= 15 is 0 Å².